The number of urea groups is 1. The van der Waals surface area contributed by atoms with Gasteiger partial charge in [0.2, 0.25) is 0 Å². The number of thioether (sulfide) groups is 1. The Morgan fingerprint density at radius 3 is 2.90 bits per heavy atom. The Bertz CT molecular complexity index is 507. The molecule has 1 unspecified atom stereocenters. The number of hydrogen-bond donors (Lipinski definition) is 2. The predicted molar refractivity (Wildman–Crippen MR) is 80.5 cm³/mol. The molecule has 1 saturated heterocycles. The number of aromatic carboxylic acids is 1. The summed E-state index contributed by atoms with van der Waals surface area (Å²) >= 11 is 1.88. The highest BCUT2D eigenvalue weighted by Gasteiger charge is 2.23. The van der Waals surface area contributed by atoms with Crippen molar-refractivity contribution in [1.29, 1.82) is 0 Å². The second kappa shape index (κ2) is 6.65. The fourth-order valence-corrected chi connectivity index (χ4v) is 3.30. The Morgan fingerprint density at radius 1 is 1.45 bits per heavy atom. The highest BCUT2D eigenvalue weighted by atomic mass is 32.2. The van der Waals surface area contributed by atoms with Gasteiger partial charge in [-0.25, -0.2) is 9.59 Å². The lowest BCUT2D eigenvalue weighted by atomic mass is 10.2. The zero-order valence-electron chi connectivity index (χ0n) is 11.3. The number of carbonyl (C=O) groups is 2. The van der Waals surface area contributed by atoms with Gasteiger partial charge < -0.3 is 15.3 Å². The quantitative estimate of drug-likeness (QED) is 0.899. The van der Waals surface area contributed by atoms with Crippen LogP contribution in [0, 0.1) is 0 Å². The molecule has 2 amide bonds. The van der Waals surface area contributed by atoms with Gasteiger partial charge in [-0.05, 0) is 18.6 Å². The molecule has 6 heteroatoms. The molecule has 1 aromatic carbocycles. The molecule has 0 bridgehead atoms. The Kier molecular flexibility index (Phi) is 4.89. The van der Waals surface area contributed by atoms with Crippen molar-refractivity contribution in [2.45, 2.75) is 18.6 Å². The third-order valence-electron chi connectivity index (χ3n) is 3.28. The van der Waals surface area contributed by atoms with Crippen LogP contribution in [0.3, 0.4) is 0 Å². The van der Waals surface area contributed by atoms with E-state index in [4.69, 9.17) is 5.11 Å². The molecule has 0 spiro atoms. The van der Waals surface area contributed by atoms with Crippen molar-refractivity contribution < 1.29 is 14.7 Å². The van der Waals surface area contributed by atoms with Crippen LogP contribution in [0.25, 0.3) is 0 Å². The van der Waals surface area contributed by atoms with E-state index in [9.17, 15) is 9.59 Å². The standard InChI is InChI=1S/C14H18N2O3S/c1-2-10-9-16(7-8-20-10)14(19)15-12-6-4-3-5-11(12)13(17)18/h3-6,10H,2,7-9H2,1H3,(H,15,19)(H,17,18). The molecule has 0 aromatic heterocycles. The number of carboxylic acids is 1. The first kappa shape index (κ1) is 14.7. The number of amides is 2. The minimum Gasteiger partial charge on any atom is -0.478 e. The zero-order chi connectivity index (χ0) is 14.5. The van der Waals surface area contributed by atoms with Crippen molar-refractivity contribution in [3.63, 3.8) is 0 Å². The van der Waals surface area contributed by atoms with E-state index in [0.717, 1.165) is 12.2 Å². The molecule has 2 N–H and O–H groups in total. The number of para-hydroxylation sites is 1. The smallest absolute Gasteiger partial charge is 0.337 e. The molecule has 1 fully saturated rings. The van der Waals surface area contributed by atoms with E-state index < -0.39 is 5.97 Å². The van der Waals surface area contributed by atoms with Gasteiger partial charge in [0.15, 0.2) is 0 Å². The SMILES string of the molecule is CCC1CN(C(=O)Nc2ccccc2C(=O)O)CCS1. The molecular weight excluding hydrogens is 276 g/mol. The van der Waals surface area contributed by atoms with E-state index in [2.05, 4.69) is 12.2 Å². The topological polar surface area (TPSA) is 69.6 Å². The monoisotopic (exact) mass is 294 g/mol. The van der Waals surface area contributed by atoms with E-state index in [0.29, 0.717) is 24.0 Å². The van der Waals surface area contributed by atoms with Crippen LogP contribution >= 0.6 is 11.8 Å². The molecule has 5 nitrogen and oxygen atoms in total. The second-order valence-corrected chi connectivity index (χ2v) is 6.04. The number of anilines is 1. The van der Waals surface area contributed by atoms with Crippen molar-refractivity contribution in [2.75, 3.05) is 24.2 Å². The predicted octanol–water partition coefficient (Wildman–Crippen LogP) is 2.74. The number of benzene rings is 1. The number of rotatable bonds is 3. The van der Waals surface area contributed by atoms with Crippen LogP contribution in [0.4, 0.5) is 10.5 Å². The number of carbonyl (C=O) groups excluding carboxylic acids is 1. The maximum absolute atomic E-state index is 12.2. The van der Waals surface area contributed by atoms with Crippen LogP contribution in [-0.4, -0.2) is 46.1 Å². The highest BCUT2D eigenvalue weighted by Crippen LogP contribution is 2.22. The van der Waals surface area contributed by atoms with Crippen LogP contribution in [0.2, 0.25) is 0 Å². The molecule has 1 heterocycles. The molecule has 0 aliphatic carbocycles. The Morgan fingerprint density at radius 2 is 2.20 bits per heavy atom. The average Bonchev–Trinajstić information content (AvgIpc) is 2.47. The van der Waals surface area contributed by atoms with Gasteiger partial charge >= 0.3 is 12.0 Å². The normalized spacial score (nSPS) is 18.6. The van der Waals surface area contributed by atoms with E-state index in [-0.39, 0.29) is 11.6 Å². The summed E-state index contributed by atoms with van der Waals surface area (Å²) in [7, 11) is 0. The van der Waals surface area contributed by atoms with Crippen molar-refractivity contribution in [1.82, 2.24) is 4.90 Å². The van der Waals surface area contributed by atoms with Gasteiger partial charge in [0.25, 0.3) is 0 Å². The number of nitrogens with one attached hydrogen (secondary N) is 1. The van der Waals surface area contributed by atoms with Gasteiger partial charge in [0, 0.05) is 24.1 Å². The molecule has 1 aliphatic rings. The maximum atomic E-state index is 12.2. The Labute approximate surface area is 122 Å². The van der Waals surface area contributed by atoms with Gasteiger partial charge in [0.05, 0.1) is 11.3 Å². The molecule has 2 rings (SSSR count). The summed E-state index contributed by atoms with van der Waals surface area (Å²) in [4.78, 5) is 25.1. The van der Waals surface area contributed by atoms with Crippen molar-refractivity contribution in [3.05, 3.63) is 29.8 Å². The van der Waals surface area contributed by atoms with Crippen LogP contribution in [-0.2, 0) is 0 Å². The molecule has 1 atom stereocenters. The van der Waals surface area contributed by atoms with E-state index in [1.54, 1.807) is 23.1 Å². The van der Waals surface area contributed by atoms with Gasteiger partial charge in [0.1, 0.15) is 0 Å². The summed E-state index contributed by atoms with van der Waals surface area (Å²) in [6.45, 7) is 3.52. The Hall–Kier alpha value is -1.69. The zero-order valence-corrected chi connectivity index (χ0v) is 12.2. The molecule has 0 saturated carbocycles. The fraction of sp³-hybridized carbons (Fsp3) is 0.429. The Balaban J connectivity index is 2.06. The van der Waals surface area contributed by atoms with Gasteiger partial charge in [-0.2, -0.15) is 11.8 Å². The molecule has 20 heavy (non-hydrogen) atoms. The minimum atomic E-state index is -1.04. The lowest BCUT2D eigenvalue weighted by molar-refractivity contribution is 0.0698. The second-order valence-electron chi connectivity index (χ2n) is 4.63. The first-order chi connectivity index (χ1) is 9.61. The molecule has 108 valence electrons. The average molecular weight is 294 g/mol. The highest BCUT2D eigenvalue weighted by molar-refractivity contribution is 8.00. The molecule has 1 aromatic rings. The largest absolute Gasteiger partial charge is 0.478 e. The van der Waals surface area contributed by atoms with Crippen LogP contribution in [0.1, 0.15) is 23.7 Å². The summed E-state index contributed by atoms with van der Waals surface area (Å²) in [6, 6.07) is 6.22. The lowest BCUT2D eigenvalue weighted by Crippen LogP contribution is -2.44. The molecule has 0 radical (unpaired) electrons. The van der Waals surface area contributed by atoms with Gasteiger partial charge in [-0.3, -0.25) is 0 Å². The van der Waals surface area contributed by atoms with Crippen LogP contribution < -0.4 is 5.32 Å². The summed E-state index contributed by atoms with van der Waals surface area (Å²) in [6.07, 6.45) is 1.03. The summed E-state index contributed by atoms with van der Waals surface area (Å²) < 4.78 is 0. The minimum absolute atomic E-state index is 0.110. The van der Waals surface area contributed by atoms with Crippen molar-refractivity contribution in [2.24, 2.45) is 0 Å². The van der Waals surface area contributed by atoms with Crippen molar-refractivity contribution in [3.8, 4) is 0 Å². The van der Waals surface area contributed by atoms with Crippen LogP contribution in [0.15, 0.2) is 24.3 Å². The van der Waals surface area contributed by atoms with Crippen molar-refractivity contribution >= 4 is 29.4 Å². The third kappa shape index (κ3) is 3.45. The van der Waals surface area contributed by atoms with E-state index in [1.165, 1.54) is 6.07 Å². The summed E-state index contributed by atoms with van der Waals surface area (Å²) in [5.74, 6) is -0.117. The fourth-order valence-electron chi connectivity index (χ4n) is 2.12. The third-order valence-corrected chi connectivity index (χ3v) is 4.65. The number of nitrogens with zero attached hydrogens (tertiary/aromatic N) is 1. The molecular formula is C14H18N2O3S. The van der Waals surface area contributed by atoms with Gasteiger partial charge in [-0.1, -0.05) is 19.1 Å². The van der Waals surface area contributed by atoms with Crippen LogP contribution in [0.5, 0.6) is 0 Å². The first-order valence-electron chi connectivity index (χ1n) is 6.61. The summed E-state index contributed by atoms with van der Waals surface area (Å²) in [5, 5.41) is 12.3. The first-order valence-corrected chi connectivity index (χ1v) is 7.66. The number of carboxylic acid groups (broad SMARTS) is 1. The molecule has 1 aliphatic heterocycles. The summed E-state index contributed by atoms with van der Waals surface area (Å²) in [5.41, 5.74) is 0.454. The maximum Gasteiger partial charge on any atom is 0.337 e. The van der Waals surface area contributed by atoms with E-state index in [1.807, 2.05) is 11.8 Å². The van der Waals surface area contributed by atoms with E-state index >= 15 is 0 Å². The lowest BCUT2D eigenvalue weighted by Gasteiger charge is -2.32. The van der Waals surface area contributed by atoms with Gasteiger partial charge in [-0.15, -0.1) is 0 Å². The number of hydrogen-bond acceptors (Lipinski definition) is 3.